The summed E-state index contributed by atoms with van der Waals surface area (Å²) in [5.74, 6) is 0.389. The van der Waals surface area contributed by atoms with E-state index in [9.17, 15) is 19.2 Å². The Morgan fingerprint density at radius 1 is 0.603 bits per heavy atom. The Morgan fingerprint density at radius 3 is 1.62 bits per heavy atom. The first-order valence-electron chi connectivity index (χ1n) is 20.7. The summed E-state index contributed by atoms with van der Waals surface area (Å²) in [4.78, 5) is 50.5. The monoisotopic (exact) mass is 890 g/mol. The van der Waals surface area contributed by atoms with Gasteiger partial charge in [-0.2, -0.15) is 0 Å². The van der Waals surface area contributed by atoms with Crippen molar-refractivity contribution < 1.29 is 71.3 Å². The molecule has 3 aromatic rings. The molecule has 0 radical (unpaired) electrons. The van der Waals surface area contributed by atoms with Gasteiger partial charge in [-0.3, -0.25) is 19.2 Å². The minimum Gasteiger partial charge on any atom is -0.463 e. The predicted octanol–water partition coefficient (Wildman–Crippen LogP) is 5.46. The maximum atomic E-state index is 13.0. The Labute approximate surface area is 369 Å². The molecule has 16 heteroatoms. The topological polar surface area (TPSA) is 170 Å². The molecule has 2 saturated heterocycles. The third kappa shape index (κ3) is 14.3. The summed E-state index contributed by atoms with van der Waals surface area (Å²) in [6.07, 6.45) is -12.0. The highest BCUT2D eigenvalue weighted by Crippen LogP contribution is 2.42. The number of benzene rings is 3. The van der Waals surface area contributed by atoms with Crippen molar-refractivity contribution in [2.45, 2.75) is 128 Å². The van der Waals surface area contributed by atoms with Gasteiger partial charge in [-0.1, -0.05) is 117 Å². The zero-order valence-corrected chi connectivity index (χ0v) is 38.0. The zero-order chi connectivity index (χ0) is 45.6. The molecule has 0 aliphatic carbocycles. The summed E-state index contributed by atoms with van der Waals surface area (Å²) in [5, 5.41) is 0. The van der Waals surface area contributed by atoms with Crippen LogP contribution in [0.4, 0.5) is 0 Å². The van der Waals surface area contributed by atoms with Gasteiger partial charge in [0.25, 0.3) is 0 Å². The SMILES string of the molecule is CO[C@H]1OC(COCc2ccccc2)[C@](C#C[Si](C)(C)C)(O[C@@H]2OC(COC(C)=O)[C@H](OC(C)=O)C(OC(C)=O)C2OC(C)=O)C(OCc2ccccc2)C1OCc1ccccc1. The van der Waals surface area contributed by atoms with Crippen molar-refractivity contribution in [2.24, 2.45) is 0 Å². The highest BCUT2D eigenvalue weighted by molar-refractivity contribution is 6.83. The average Bonchev–Trinajstić information content (AvgIpc) is 3.24. The zero-order valence-electron chi connectivity index (χ0n) is 37.0. The molecule has 0 bridgehead atoms. The third-order valence-electron chi connectivity index (χ3n) is 9.83. The van der Waals surface area contributed by atoms with Crippen LogP contribution in [-0.2, 0) is 91.1 Å². The molecule has 2 heterocycles. The number of hydrogen-bond acceptors (Lipinski definition) is 15. The summed E-state index contributed by atoms with van der Waals surface area (Å²) >= 11 is 0. The maximum Gasteiger partial charge on any atom is 0.303 e. The van der Waals surface area contributed by atoms with Gasteiger partial charge in [-0.05, 0) is 16.7 Å². The average molecular weight is 891 g/mol. The highest BCUT2D eigenvalue weighted by atomic mass is 28.3. The van der Waals surface area contributed by atoms with Gasteiger partial charge in [-0.15, -0.1) is 5.54 Å². The molecule has 15 nitrogen and oxygen atoms in total. The van der Waals surface area contributed by atoms with E-state index in [1.807, 2.05) is 111 Å². The number of ether oxygens (including phenoxy) is 11. The molecule has 2 fully saturated rings. The van der Waals surface area contributed by atoms with E-state index in [2.05, 4.69) is 11.5 Å². The van der Waals surface area contributed by atoms with E-state index in [0.29, 0.717) is 0 Å². The molecule has 0 N–H and O–H groups in total. The first kappa shape index (κ1) is 49.1. The fraction of sp³-hybridized carbons (Fsp3) is 0.489. The molecule has 0 spiro atoms. The molecule has 10 atom stereocenters. The van der Waals surface area contributed by atoms with Gasteiger partial charge >= 0.3 is 23.9 Å². The van der Waals surface area contributed by atoms with E-state index in [-0.39, 0.29) is 26.4 Å². The van der Waals surface area contributed by atoms with Crippen LogP contribution in [0.25, 0.3) is 0 Å². The predicted molar refractivity (Wildman–Crippen MR) is 229 cm³/mol. The number of carbonyl (C=O) groups is 4. The molecular weight excluding hydrogens is 833 g/mol. The van der Waals surface area contributed by atoms with E-state index >= 15 is 0 Å². The second-order valence-electron chi connectivity index (χ2n) is 16.2. The number of esters is 4. The molecule has 6 unspecified atom stereocenters. The molecule has 0 amide bonds. The van der Waals surface area contributed by atoms with E-state index in [1.54, 1.807) is 0 Å². The number of rotatable bonds is 18. The third-order valence-corrected chi connectivity index (χ3v) is 10.7. The van der Waals surface area contributed by atoms with Gasteiger partial charge in [-0.25, -0.2) is 0 Å². The van der Waals surface area contributed by atoms with Crippen LogP contribution in [0.2, 0.25) is 19.6 Å². The molecule has 340 valence electrons. The Kier molecular flexibility index (Phi) is 18.0. The van der Waals surface area contributed by atoms with Crippen LogP contribution in [0.5, 0.6) is 0 Å². The second kappa shape index (κ2) is 23.1. The van der Waals surface area contributed by atoms with Crippen molar-refractivity contribution >= 4 is 32.0 Å². The number of methoxy groups -OCH3 is 1. The van der Waals surface area contributed by atoms with Gasteiger partial charge in [0.1, 0.15) is 39.1 Å². The van der Waals surface area contributed by atoms with Crippen LogP contribution in [-0.4, -0.2) is 113 Å². The Hall–Kier alpha value is -4.96. The van der Waals surface area contributed by atoms with E-state index in [1.165, 1.54) is 14.0 Å². The van der Waals surface area contributed by atoms with Crippen LogP contribution < -0.4 is 0 Å². The van der Waals surface area contributed by atoms with Crippen molar-refractivity contribution in [3.63, 3.8) is 0 Å². The van der Waals surface area contributed by atoms with E-state index in [0.717, 1.165) is 37.5 Å². The normalized spacial score (nSPS) is 27.0. The number of carbonyl (C=O) groups excluding carboxylic acids is 4. The van der Waals surface area contributed by atoms with Crippen LogP contribution in [0.1, 0.15) is 44.4 Å². The molecule has 2 aliphatic heterocycles. The van der Waals surface area contributed by atoms with Gasteiger partial charge in [0.2, 0.25) is 6.29 Å². The summed E-state index contributed by atoms with van der Waals surface area (Å²) in [6.45, 7) is 10.5. The van der Waals surface area contributed by atoms with Crippen molar-refractivity contribution in [2.75, 3.05) is 20.3 Å². The minimum absolute atomic E-state index is 0.0447. The Bertz CT molecular complexity index is 2000. The Morgan fingerprint density at radius 2 is 1.11 bits per heavy atom. The molecule has 0 aromatic heterocycles. The van der Waals surface area contributed by atoms with Crippen LogP contribution in [0.15, 0.2) is 91.0 Å². The first-order chi connectivity index (χ1) is 30.1. The van der Waals surface area contributed by atoms with Crippen LogP contribution in [0, 0.1) is 11.5 Å². The quantitative estimate of drug-likeness (QED) is 0.0682. The van der Waals surface area contributed by atoms with Crippen LogP contribution in [0.3, 0.4) is 0 Å². The van der Waals surface area contributed by atoms with Gasteiger partial charge in [0.15, 0.2) is 30.2 Å². The summed E-state index contributed by atoms with van der Waals surface area (Å²) in [7, 11) is -0.838. The smallest absolute Gasteiger partial charge is 0.303 e. The standard InChI is InChI=1S/C47H58O15Si/c1-31(48)54-29-38-40(57-32(2)49)41(58-33(3)50)42(59-34(4)51)46(60-38)62-47(24-25-63(6,7)8)39(30-53-26-35-18-12-9-13-19-35)61-45(52-5)43(55-27-36-20-14-10-15-21-36)44(47)56-28-37-22-16-11-17-23-37/h9-23,38-46H,26-30H2,1-8H3/t38?,39?,40-,41?,42?,43?,44?,45-,46-,47-/m0/s1. The lowest BCUT2D eigenvalue weighted by Gasteiger charge is -2.53. The lowest BCUT2D eigenvalue weighted by atomic mass is 9.83. The summed E-state index contributed by atoms with van der Waals surface area (Å²) in [6, 6.07) is 28.5. The molecule has 5 rings (SSSR count). The van der Waals surface area contributed by atoms with Crippen LogP contribution >= 0.6 is 0 Å². The fourth-order valence-electron chi connectivity index (χ4n) is 7.12. The number of hydrogen-bond donors (Lipinski definition) is 0. The van der Waals surface area contributed by atoms with E-state index in [4.69, 9.17) is 52.1 Å². The molecule has 63 heavy (non-hydrogen) atoms. The molecule has 3 aromatic carbocycles. The van der Waals surface area contributed by atoms with Crippen molar-refractivity contribution in [1.29, 1.82) is 0 Å². The Balaban J connectivity index is 1.74. The minimum atomic E-state index is -2.32. The largest absolute Gasteiger partial charge is 0.463 e. The lowest BCUT2D eigenvalue weighted by Crippen LogP contribution is -2.72. The van der Waals surface area contributed by atoms with Gasteiger partial charge in [0.05, 0.1) is 26.4 Å². The molecule has 2 aliphatic rings. The molecule has 0 saturated carbocycles. The lowest BCUT2D eigenvalue weighted by molar-refractivity contribution is -0.385. The fourth-order valence-corrected chi connectivity index (χ4v) is 7.69. The first-order valence-corrected chi connectivity index (χ1v) is 24.2. The summed E-state index contributed by atoms with van der Waals surface area (Å²) < 4.78 is 69.4. The van der Waals surface area contributed by atoms with Gasteiger partial charge in [0, 0.05) is 34.8 Å². The molecular formula is C47H58O15Si. The van der Waals surface area contributed by atoms with Crippen molar-refractivity contribution in [3.05, 3.63) is 108 Å². The summed E-state index contributed by atoms with van der Waals surface area (Å²) in [5.41, 5.74) is 4.09. The van der Waals surface area contributed by atoms with Gasteiger partial charge < -0.3 is 52.1 Å². The second-order valence-corrected chi connectivity index (χ2v) is 20.9. The highest BCUT2D eigenvalue weighted by Gasteiger charge is 2.63. The van der Waals surface area contributed by atoms with Crippen molar-refractivity contribution in [1.82, 2.24) is 0 Å². The maximum absolute atomic E-state index is 13.0. The van der Waals surface area contributed by atoms with E-state index < -0.39 is 99.5 Å². The van der Waals surface area contributed by atoms with Crippen molar-refractivity contribution in [3.8, 4) is 11.5 Å².